The molecule has 2 atom stereocenters. The van der Waals surface area contributed by atoms with E-state index in [0.717, 1.165) is 37.0 Å². The van der Waals surface area contributed by atoms with Crippen molar-refractivity contribution in [3.63, 3.8) is 0 Å². The highest BCUT2D eigenvalue weighted by Crippen LogP contribution is 2.39. The minimum absolute atomic E-state index is 0.101. The first-order chi connectivity index (χ1) is 18.6. The third-order valence-electron chi connectivity index (χ3n) is 7.16. The number of benzene rings is 2. The van der Waals surface area contributed by atoms with Crippen molar-refractivity contribution in [2.24, 2.45) is 5.73 Å². The smallest absolute Gasteiger partial charge is 0.346 e. The van der Waals surface area contributed by atoms with E-state index in [9.17, 15) is 9.59 Å². The second kappa shape index (κ2) is 10.0. The molecule has 2 aromatic heterocycles. The van der Waals surface area contributed by atoms with E-state index < -0.39 is 5.91 Å². The number of likely N-dealkylation sites (tertiary alicyclic amines) is 1. The molecule has 0 saturated carbocycles. The van der Waals surface area contributed by atoms with Crippen molar-refractivity contribution < 1.29 is 14.3 Å². The van der Waals surface area contributed by atoms with Crippen LogP contribution in [-0.2, 0) is 0 Å². The largest absolute Gasteiger partial charge is 0.457 e. The molecule has 38 heavy (non-hydrogen) atoms. The van der Waals surface area contributed by atoms with Crippen LogP contribution in [0.5, 0.6) is 11.5 Å². The molecule has 1 saturated heterocycles. The molecule has 11 heteroatoms. The highest BCUT2D eigenvalue weighted by Gasteiger charge is 2.39. The summed E-state index contributed by atoms with van der Waals surface area (Å²) in [6.07, 6.45) is 6.28. The lowest BCUT2D eigenvalue weighted by atomic mass is 9.93. The number of carbonyl (C=O) groups excluding carboxylic acids is 2. The number of hydrogen-bond donors (Lipinski definition) is 2. The molecular formula is C27H28N8O3. The highest BCUT2D eigenvalue weighted by molar-refractivity contribution is 6.03. The van der Waals surface area contributed by atoms with Crippen LogP contribution in [0.1, 0.15) is 42.1 Å². The summed E-state index contributed by atoms with van der Waals surface area (Å²) in [5.74, 6) is 1.44. The molecular weight excluding hydrogens is 484 g/mol. The van der Waals surface area contributed by atoms with Crippen molar-refractivity contribution in [1.29, 1.82) is 0 Å². The number of hydrogen-bond acceptors (Lipinski definition) is 7. The molecule has 6 rings (SSSR count). The Morgan fingerprint density at radius 1 is 0.974 bits per heavy atom. The van der Waals surface area contributed by atoms with Gasteiger partial charge in [0, 0.05) is 18.7 Å². The molecule has 0 radical (unpaired) electrons. The fourth-order valence-corrected chi connectivity index (χ4v) is 5.43. The van der Waals surface area contributed by atoms with Gasteiger partial charge < -0.3 is 20.7 Å². The lowest BCUT2D eigenvalue weighted by molar-refractivity contribution is 0.0998. The average molecular weight is 513 g/mol. The van der Waals surface area contributed by atoms with E-state index in [1.54, 1.807) is 0 Å². The Balaban J connectivity index is 1.34. The number of primary amides is 1. The van der Waals surface area contributed by atoms with Crippen LogP contribution in [0.25, 0.3) is 11.3 Å². The quantitative estimate of drug-likeness (QED) is 0.414. The number of rotatable bonds is 5. The summed E-state index contributed by atoms with van der Waals surface area (Å²) >= 11 is 0. The van der Waals surface area contributed by atoms with Crippen molar-refractivity contribution in [3.05, 3.63) is 72.8 Å². The lowest BCUT2D eigenvalue weighted by Gasteiger charge is -2.41. The zero-order chi connectivity index (χ0) is 26.1. The number of anilines is 1. The number of piperidine rings is 1. The van der Waals surface area contributed by atoms with Crippen molar-refractivity contribution in [2.45, 2.75) is 37.8 Å². The van der Waals surface area contributed by atoms with Crippen molar-refractivity contribution >= 4 is 17.8 Å². The molecule has 0 bridgehead atoms. The number of nitrogens with one attached hydrogen (secondary N) is 1. The highest BCUT2D eigenvalue weighted by atomic mass is 16.5. The summed E-state index contributed by atoms with van der Waals surface area (Å²) in [5.41, 5.74) is 7.47. The molecule has 4 aromatic rings. The van der Waals surface area contributed by atoms with Crippen LogP contribution in [0.15, 0.2) is 67.3 Å². The minimum Gasteiger partial charge on any atom is -0.457 e. The van der Waals surface area contributed by atoms with Crippen LogP contribution in [-0.4, -0.2) is 60.5 Å². The van der Waals surface area contributed by atoms with Crippen molar-refractivity contribution in [3.8, 4) is 22.8 Å². The predicted molar refractivity (Wildman–Crippen MR) is 140 cm³/mol. The number of ether oxygens (including phenoxy) is 1. The SMILES string of the molecule is NC(=O)c1c(-c2ccc(Oc3ccccc3)cc2)nn2c1NCC[C@H]2[C@@H]1CCCCN1C(=O)n1cncn1. The Bertz CT molecular complexity index is 1430. The second-order valence-corrected chi connectivity index (χ2v) is 9.48. The molecule has 1 fully saturated rings. The molecule has 194 valence electrons. The molecule has 2 aliphatic heterocycles. The minimum atomic E-state index is -0.557. The maximum Gasteiger partial charge on any atom is 0.346 e. The first-order valence-electron chi connectivity index (χ1n) is 12.8. The van der Waals surface area contributed by atoms with E-state index in [4.69, 9.17) is 15.6 Å². The van der Waals surface area contributed by atoms with Crippen LogP contribution in [0.2, 0.25) is 0 Å². The number of carbonyl (C=O) groups is 2. The number of nitrogens with two attached hydrogens (primary N) is 1. The zero-order valence-corrected chi connectivity index (χ0v) is 20.7. The molecule has 2 amide bonds. The van der Waals surface area contributed by atoms with Gasteiger partial charge >= 0.3 is 6.03 Å². The molecule has 4 heterocycles. The summed E-state index contributed by atoms with van der Waals surface area (Å²) in [5, 5.41) is 12.3. The van der Waals surface area contributed by atoms with Crippen molar-refractivity contribution in [1.82, 2.24) is 29.4 Å². The Hall–Kier alpha value is -4.67. The van der Waals surface area contributed by atoms with E-state index >= 15 is 0 Å². The molecule has 11 nitrogen and oxygen atoms in total. The van der Waals surface area contributed by atoms with E-state index in [1.807, 2.05) is 64.2 Å². The van der Waals surface area contributed by atoms with Gasteiger partial charge in [-0.15, -0.1) is 0 Å². The van der Waals surface area contributed by atoms with Gasteiger partial charge in [0.2, 0.25) is 0 Å². The molecule has 3 N–H and O–H groups in total. The van der Waals surface area contributed by atoms with Gasteiger partial charge in [-0.3, -0.25) is 4.79 Å². The van der Waals surface area contributed by atoms with E-state index in [2.05, 4.69) is 15.4 Å². The van der Waals surface area contributed by atoms with Gasteiger partial charge in [0.15, 0.2) is 0 Å². The molecule has 0 spiro atoms. The maximum atomic E-state index is 13.2. The second-order valence-electron chi connectivity index (χ2n) is 9.48. The van der Waals surface area contributed by atoms with Crippen LogP contribution >= 0.6 is 0 Å². The van der Waals surface area contributed by atoms with Gasteiger partial charge in [-0.1, -0.05) is 18.2 Å². The van der Waals surface area contributed by atoms with Gasteiger partial charge in [-0.2, -0.15) is 14.9 Å². The fourth-order valence-electron chi connectivity index (χ4n) is 5.43. The number of aromatic nitrogens is 5. The van der Waals surface area contributed by atoms with Gasteiger partial charge in [-0.25, -0.2) is 14.5 Å². The molecule has 2 aromatic carbocycles. The Kier molecular flexibility index (Phi) is 6.24. The Labute approximate surface area is 219 Å². The van der Waals surface area contributed by atoms with Crippen LogP contribution in [0.4, 0.5) is 10.6 Å². The zero-order valence-electron chi connectivity index (χ0n) is 20.7. The topological polar surface area (TPSA) is 133 Å². The first kappa shape index (κ1) is 23.7. The van der Waals surface area contributed by atoms with Crippen LogP contribution < -0.4 is 15.8 Å². The van der Waals surface area contributed by atoms with E-state index in [-0.39, 0.29) is 18.1 Å². The third-order valence-corrected chi connectivity index (χ3v) is 7.16. The van der Waals surface area contributed by atoms with Gasteiger partial charge in [-0.05, 0) is 62.1 Å². The standard InChI is InChI=1S/C27H28N8O3/c28-25(36)23-24(18-9-11-20(12-10-18)38-19-6-2-1-3-7-19)32-35-22(13-14-30-26(23)35)21-8-4-5-15-33(21)27(37)34-17-29-16-31-34/h1-3,6-7,9-12,16-17,21-22,30H,4-5,8,13-15H2,(H2,28,36)/t21-,22-/m0/s1. The van der Waals surface area contributed by atoms with Crippen LogP contribution in [0.3, 0.4) is 0 Å². The van der Waals surface area contributed by atoms with Gasteiger partial charge in [0.1, 0.15) is 41.2 Å². The van der Waals surface area contributed by atoms with E-state index in [1.165, 1.54) is 17.3 Å². The predicted octanol–water partition coefficient (Wildman–Crippen LogP) is 3.91. The number of fused-ring (bicyclic) bond motifs is 1. The number of para-hydroxylation sites is 1. The normalized spacial score (nSPS) is 18.9. The maximum absolute atomic E-state index is 13.2. The lowest BCUT2D eigenvalue weighted by Crippen LogP contribution is -2.51. The monoisotopic (exact) mass is 512 g/mol. The summed E-state index contributed by atoms with van der Waals surface area (Å²) in [6.45, 7) is 1.27. The third kappa shape index (κ3) is 4.36. The first-order valence-corrected chi connectivity index (χ1v) is 12.8. The van der Waals surface area contributed by atoms with Gasteiger partial charge in [0.05, 0.1) is 12.1 Å². The van der Waals surface area contributed by atoms with Gasteiger partial charge in [0.25, 0.3) is 5.91 Å². The number of nitrogens with zero attached hydrogens (tertiary/aromatic N) is 6. The Morgan fingerprint density at radius 2 is 1.76 bits per heavy atom. The summed E-state index contributed by atoms with van der Waals surface area (Å²) < 4.78 is 9.03. The Morgan fingerprint density at radius 3 is 2.50 bits per heavy atom. The summed E-state index contributed by atoms with van der Waals surface area (Å²) in [6, 6.07) is 16.5. The molecule has 2 aliphatic rings. The molecule has 0 unspecified atom stereocenters. The summed E-state index contributed by atoms with van der Waals surface area (Å²) in [7, 11) is 0. The van der Waals surface area contributed by atoms with Crippen molar-refractivity contribution in [2.75, 3.05) is 18.4 Å². The average Bonchev–Trinajstić information content (AvgIpc) is 3.62. The summed E-state index contributed by atoms with van der Waals surface area (Å²) in [4.78, 5) is 31.7. The number of amides is 2. The van der Waals surface area contributed by atoms with E-state index in [0.29, 0.717) is 35.9 Å². The fraction of sp³-hybridized carbons (Fsp3) is 0.296. The van der Waals surface area contributed by atoms with Crippen LogP contribution in [0, 0.1) is 0 Å². The molecule has 0 aliphatic carbocycles.